The minimum atomic E-state index is -0.835. The lowest BCUT2D eigenvalue weighted by Crippen LogP contribution is -2.25. The van der Waals surface area contributed by atoms with Crippen LogP contribution in [0.4, 0.5) is 0 Å². The van der Waals surface area contributed by atoms with Crippen LogP contribution in [-0.2, 0) is 4.79 Å². The lowest BCUT2D eigenvalue weighted by molar-refractivity contribution is -0.308. The number of rotatable bonds is 1. The Balaban J connectivity index is 1.92. The molecule has 2 aliphatic rings. The molecule has 3 atom stereocenters. The van der Waals surface area contributed by atoms with E-state index in [1.54, 1.807) is 0 Å². The van der Waals surface area contributed by atoms with Crippen LogP contribution in [0.5, 0.6) is 0 Å². The first-order valence-electron chi connectivity index (χ1n) is 6.31. The molecule has 88 valence electrons. The Kier molecular flexibility index (Phi) is 3.81. The Morgan fingerprint density at radius 3 is 1.75 bits per heavy atom. The van der Waals surface area contributed by atoms with Crippen molar-refractivity contribution in [1.82, 2.24) is 0 Å². The molecular weight excluding hydrogens is 200 g/mol. The minimum absolute atomic E-state index is 0.164. The topological polar surface area (TPSA) is 40.1 Å². The summed E-state index contributed by atoms with van der Waals surface area (Å²) in [7, 11) is 0. The monoisotopic (exact) mass is 219 g/mol. The van der Waals surface area contributed by atoms with E-state index in [2.05, 4.69) is 24.3 Å². The van der Waals surface area contributed by atoms with Gasteiger partial charge in [-0.25, -0.2) is 0 Å². The standard InChI is InChI=1S/C14H20O2/c15-14(16)13-11-9-7-5-3-1-2-4-6-8-10-12(11)13/h3-6,11-13H,1-2,7-10H2,(H,15,16)/p-1/b5-3-,6-4-/t11-,12+,13?. The van der Waals surface area contributed by atoms with Crippen LogP contribution in [0.15, 0.2) is 24.3 Å². The Labute approximate surface area is 97.0 Å². The highest BCUT2D eigenvalue weighted by atomic mass is 16.4. The summed E-state index contributed by atoms with van der Waals surface area (Å²) in [4.78, 5) is 10.9. The van der Waals surface area contributed by atoms with Crippen molar-refractivity contribution >= 4 is 5.97 Å². The van der Waals surface area contributed by atoms with Gasteiger partial charge in [0.25, 0.3) is 0 Å². The number of fused-ring (bicyclic) bond motifs is 1. The largest absolute Gasteiger partial charge is 0.550 e. The Hall–Kier alpha value is -1.05. The second-order valence-corrected chi connectivity index (χ2v) is 4.85. The molecule has 1 unspecified atom stereocenters. The van der Waals surface area contributed by atoms with Gasteiger partial charge in [0.2, 0.25) is 0 Å². The smallest absolute Gasteiger partial charge is 0.0451 e. The average molecular weight is 219 g/mol. The van der Waals surface area contributed by atoms with Gasteiger partial charge in [0.15, 0.2) is 0 Å². The molecule has 0 N–H and O–H groups in total. The lowest BCUT2D eigenvalue weighted by Gasteiger charge is -1.98. The van der Waals surface area contributed by atoms with Gasteiger partial charge >= 0.3 is 0 Å². The molecule has 1 saturated carbocycles. The zero-order valence-electron chi connectivity index (χ0n) is 9.60. The number of carboxylic acid groups (broad SMARTS) is 1. The predicted molar refractivity (Wildman–Crippen MR) is 61.5 cm³/mol. The van der Waals surface area contributed by atoms with E-state index >= 15 is 0 Å². The lowest BCUT2D eigenvalue weighted by atomic mass is 10.1. The highest BCUT2D eigenvalue weighted by Crippen LogP contribution is 2.51. The zero-order valence-corrected chi connectivity index (χ0v) is 9.60. The summed E-state index contributed by atoms with van der Waals surface area (Å²) in [6.45, 7) is 0. The molecule has 0 aromatic carbocycles. The molecule has 2 rings (SSSR count). The maximum atomic E-state index is 10.9. The number of hydrogen-bond acceptors (Lipinski definition) is 2. The quantitative estimate of drug-likeness (QED) is 0.633. The second-order valence-electron chi connectivity index (χ2n) is 4.85. The van der Waals surface area contributed by atoms with Crippen molar-refractivity contribution in [3.05, 3.63) is 24.3 Å². The van der Waals surface area contributed by atoms with Crippen molar-refractivity contribution in [3.8, 4) is 0 Å². The molecule has 2 heteroatoms. The predicted octanol–water partition coefficient (Wildman–Crippen LogP) is 2.07. The van der Waals surface area contributed by atoms with Gasteiger partial charge in [-0.15, -0.1) is 0 Å². The van der Waals surface area contributed by atoms with E-state index in [9.17, 15) is 9.90 Å². The number of hydrogen-bond donors (Lipinski definition) is 0. The summed E-state index contributed by atoms with van der Waals surface area (Å²) in [6, 6.07) is 0. The summed E-state index contributed by atoms with van der Waals surface area (Å²) in [5, 5.41) is 10.9. The molecule has 0 saturated heterocycles. The highest BCUT2D eigenvalue weighted by Gasteiger charge is 2.48. The molecule has 0 bridgehead atoms. The molecule has 0 aliphatic heterocycles. The molecule has 0 amide bonds. The third-order valence-electron chi connectivity index (χ3n) is 3.77. The normalized spacial score (nSPS) is 38.6. The van der Waals surface area contributed by atoms with E-state index < -0.39 is 5.97 Å². The summed E-state index contributed by atoms with van der Waals surface area (Å²) in [6.07, 6.45) is 15.1. The molecule has 0 aromatic heterocycles. The van der Waals surface area contributed by atoms with Crippen LogP contribution in [0.1, 0.15) is 38.5 Å². The van der Waals surface area contributed by atoms with E-state index in [1.165, 1.54) is 0 Å². The van der Waals surface area contributed by atoms with Crippen molar-refractivity contribution in [2.75, 3.05) is 0 Å². The number of carbonyl (C=O) groups excluding carboxylic acids is 1. The molecule has 1 fully saturated rings. The summed E-state index contributed by atoms with van der Waals surface area (Å²) in [5.41, 5.74) is 0. The van der Waals surface area contributed by atoms with Crippen LogP contribution in [-0.4, -0.2) is 5.97 Å². The highest BCUT2D eigenvalue weighted by molar-refractivity contribution is 5.72. The van der Waals surface area contributed by atoms with E-state index in [0.717, 1.165) is 38.5 Å². The first kappa shape index (κ1) is 11.4. The van der Waals surface area contributed by atoms with Gasteiger partial charge < -0.3 is 9.90 Å². The van der Waals surface area contributed by atoms with Crippen molar-refractivity contribution < 1.29 is 9.90 Å². The fourth-order valence-corrected chi connectivity index (χ4v) is 2.82. The van der Waals surface area contributed by atoms with E-state index in [0.29, 0.717) is 11.8 Å². The molecule has 2 aliphatic carbocycles. The van der Waals surface area contributed by atoms with Gasteiger partial charge in [-0.2, -0.15) is 0 Å². The van der Waals surface area contributed by atoms with Crippen LogP contribution >= 0.6 is 0 Å². The van der Waals surface area contributed by atoms with Gasteiger partial charge in [0.05, 0.1) is 0 Å². The molecule has 0 radical (unpaired) electrons. The van der Waals surface area contributed by atoms with Crippen molar-refractivity contribution in [2.24, 2.45) is 17.8 Å². The third-order valence-corrected chi connectivity index (χ3v) is 3.77. The zero-order chi connectivity index (χ0) is 11.4. The van der Waals surface area contributed by atoms with Gasteiger partial charge in [0.1, 0.15) is 0 Å². The van der Waals surface area contributed by atoms with E-state index in [4.69, 9.17) is 0 Å². The number of allylic oxidation sites excluding steroid dienone is 4. The van der Waals surface area contributed by atoms with E-state index in [1.807, 2.05) is 0 Å². The fraction of sp³-hybridized carbons (Fsp3) is 0.643. The molecule has 0 spiro atoms. The van der Waals surface area contributed by atoms with Gasteiger partial charge in [-0.1, -0.05) is 24.3 Å². The number of aliphatic carboxylic acids is 1. The first-order valence-corrected chi connectivity index (χ1v) is 6.31. The molecule has 0 heterocycles. The van der Waals surface area contributed by atoms with Gasteiger partial charge in [-0.05, 0) is 50.4 Å². The summed E-state index contributed by atoms with van der Waals surface area (Å²) in [5.74, 6) is -0.245. The van der Waals surface area contributed by atoms with Crippen LogP contribution in [0.2, 0.25) is 0 Å². The Morgan fingerprint density at radius 2 is 1.31 bits per heavy atom. The molecule has 2 nitrogen and oxygen atoms in total. The molecule has 16 heavy (non-hydrogen) atoms. The maximum absolute atomic E-state index is 10.9. The number of carbonyl (C=O) groups is 1. The van der Waals surface area contributed by atoms with Crippen LogP contribution < -0.4 is 5.11 Å². The van der Waals surface area contributed by atoms with Crippen molar-refractivity contribution in [2.45, 2.75) is 38.5 Å². The third kappa shape index (κ3) is 2.75. The van der Waals surface area contributed by atoms with Crippen LogP contribution in [0.3, 0.4) is 0 Å². The van der Waals surface area contributed by atoms with Gasteiger partial charge in [-0.3, -0.25) is 0 Å². The summed E-state index contributed by atoms with van der Waals surface area (Å²) >= 11 is 0. The summed E-state index contributed by atoms with van der Waals surface area (Å²) < 4.78 is 0. The second kappa shape index (κ2) is 5.33. The molecular formula is C14H19O2-. The first-order chi connectivity index (χ1) is 7.80. The Bertz CT molecular complexity index is 280. The number of carboxylic acids is 1. The van der Waals surface area contributed by atoms with Crippen molar-refractivity contribution in [1.29, 1.82) is 0 Å². The van der Waals surface area contributed by atoms with Crippen molar-refractivity contribution in [3.63, 3.8) is 0 Å². The maximum Gasteiger partial charge on any atom is 0.0451 e. The Morgan fingerprint density at radius 1 is 0.875 bits per heavy atom. The molecule has 0 aromatic rings. The average Bonchev–Trinajstić information content (AvgIpc) is 2.91. The fourth-order valence-electron chi connectivity index (χ4n) is 2.82. The van der Waals surface area contributed by atoms with Crippen LogP contribution in [0, 0.1) is 17.8 Å². The van der Waals surface area contributed by atoms with Gasteiger partial charge in [0, 0.05) is 11.9 Å². The van der Waals surface area contributed by atoms with Crippen LogP contribution in [0.25, 0.3) is 0 Å². The minimum Gasteiger partial charge on any atom is -0.550 e. The van der Waals surface area contributed by atoms with E-state index in [-0.39, 0.29) is 5.92 Å². The SMILES string of the molecule is O=C([O-])C1[C@H]2CC/C=C\CC/C=C\CC[C@@H]12.